The quantitative estimate of drug-likeness (QED) is 0.753. The molecule has 0 radical (unpaired) electrons. The van der Waals surface area contributed by atoms with Crippen LogP contribution in [0, 0.1) is 0 Å². The van der Waals surface area contributed by atoms with E-state index in [1.54, 1.807) is 6.33 Å². The highest BCUT2D eigenvalue weighted by Gasteiger charge is 2.40. The van der Waals surface area contributed by atoms with Crippen LogP contribution in [0.2, 0.25) is 0 Å². The van der Waals surface area contributed by atoms with E-state index in [0.717, 1.165) is 36.3 Å². The molecule has 1 fully saturated rings. The minimum absolute atomic E-state index is 0.0206. The molecule has 154 valence electrons. The van der Waals surface area contributed by atoms with Crippen molar-refractivity contribution >= 4 is 27.4 Å². The Morgan fingerprint density at radius 2 is 2.04 bits per heavy atom. The van der Waals surface area contributed by atoms with Gasteiger partial charge in [0.15, 0.2) is 0 Å². The molecular weight excluding hydrogens is 368 g/mol. The average molecular weight is 403 g/mol. The molecule has 2 aromatic rings. The third-order valence-electron chi connectivity index (χ3n) is 6.99. The molecule has 0 spiro atoms. The number of nitrogens with one attached hydrogen (secondary N) is 1. The summed E-state index contributed by atoms with van der Waals surface area (Å²) in [5.74, 6) is 1.01. The second-order valence-corrected chi connectivity index (χ2v) is 10.3. The normalized spacial score (nSPS) is 28.6. The molecule has 0 bridgehead atoms. The van der Waals surface area contributed by atoms with Gasteiger partial charge < -0.3 is 15.3 Å². The minimum atomic E-state index is -0.242. The van der Waals surface area contributed by atoms with Gasteiger partial charge in [0.1, 0.15) is 17.0 Å². The Kier molecular flexibility index (Phi) is 5.64. The second-order valence-electron chi connectivity index (χ2n) is 9.24. The van der Waals surface area contributed by atoms with Gasteiger partial charge in [0.2, 0.25) is 0 Å². The maximum absolute atomic E-state index is 10.4. The number of aromatic nitrogens is 2. The van der Waals surface area contributed by atoms with E-state index in [-0.39, 0.29) is 11.5 Å². The van der Waals surface area contributed by atoms with E-state index in [2.05, 4.69) is 48.1 Å². The van der Waals surface area contributed by atoms with Crippen molar-refractivity contribution in [2.24, 2.45) is 0 Å². The lowest BCUT2D eigenvalue weighted by Gasteiger charge is -2.33. The maximum Gasteiger partial charge on any atom is 0.138 e. The summed E-state index contributed by atoms with van der Waals surface area (Å²) in [6.07, 6.45) is 10.2. The molecule has 0 unspecified atom stereocenters. The molecule has 2 aliphatic carbocycles. The van der Waals surface area contributed by atoms with Crippen molar-refractivity contribution in [3.05, 3.63) is 16.8 Å². The van der Waals surface area contributed by atoms with Crippen molar-refractivity contribution in [1.29, 1.82) is 0 Å². The Hall–Kier alpha value is -1.24. The van der Waals surface area contributed by atoms with Crippen LogP contribution in [0.25, 0.3) is 10.2 Å². The third-order valence-corrected chi connectivity index (χ3v) is 8.15. The van der Waals surface area contributed by atoms with Crippen LogP contribution >= 0.6 is 11.3 Å². The molecule has 4 rings (SSSR count). The summed E-state index contributed by atoms with van der Waals surface area (Å²) in [6, 6.07) is 1.19. The van der Waals surface area contributed by atoms with Crippen molar-refractivity contribution in [3.63, 3.8) is 0 Å². The maximum atomic E-state index is 10.4. The van der Waals surface area contributed by atoms with Crippen LogP contribution in [0.5, 0.6) is 0 Å². The average Bonchev–Trinajstić information content (AvgIpc) is 3.20. The lowest BCUT2D eigenvalue weighted by molar-refractivity contribution is 0.130. The number of anilines is 1. The van der Waals surface area contributed by atoms with Crippen molar-refractivity contribution in [1.82, 2.24) is 14.9 Å². The van der Waals surface area contributed by atoms with Crippen LogP contribution in [-0.4, -0.2) is 52.3 Å². The third kappa shape index (κ3) is 3.66. The molecule has 2 heterocycles. The highest BCUT2D eigenvalue weighted by atomic mass is 32.1. The lowest BCUT2D eigenvalue weighted by atomic mass is 9.78. The van der Waals surface area contributed by atoms with Crippen molar-refractivity contribution in [2.45, 2.75) is 88.8 Å². The molecule has 0 amide bonds. The predicted octanol–water partition coefficient (Wildman–Crippen LogP) is 4.34. The molecule has 2 atom stereocenters. The largest absolute Gasteiger partial charge is 0.393 e. The molecule has 2 aliphatic rings. The standard InChI is InChI=1S/C22H34N4OS/c1-5-16(27)12-22(2)11-10-17-19(22)18-20(23-13-24-21(18)28-17)25-14-6-8-15(9-7-14)26(3)4/h13-16,27H,5-12H2,1-4H3,(H,23,24,25)/t14?,15?,16-,22-/m1/s1. The first-order valence-corrected chi connectivity index (χ1v) is 11.6. The number of aliphatic hydroxyl groups is 1. The Morgan fingerprint density at radius 3 is 2.71 bits per heavy atom. The summed E-state index contributed by atoms with van der Waals surface area (Å²) in [5, 5.41) is 15.4. The topological polar surface area (TPSA) is 61.3 Å². The van der Waals surface area contributed by atoms with E-state index in [9.17, 15) is 5.11 Å². The Balaban J connectivity index is 1.62. The number of thiophene rings is 1. The second kappa shape index (κ2) is 7.88. The van der Waals surface area contributed by atoms with Gasteiger partial charge >= 0.3 is 0 Å². The first-order chi connectivity index (χ1) is 13.4. The highest BCUT2D eigenvalue weighted by Crippen LogP contribution is 2.50. The monoisotopic (exact) mass is 402 g/mol. The minimum Gasteiger partial charge on any atom is -0.393 e. The summed E-state index contributed by atoms with van der Waals surface area (Å²) in [5.41, 5.74) is 1.43. The van der Waals surface area contributed by atoms with Gasteiger partial charge in [-0.05, 0) is 76.4 Å². The smallest absolute Gasteiger partial charge is 0.138 e. The molecule has 0 aromatic carbocycles. The van der Waals surface area contributed by atoms with Crippen molar-refractivity contribution in [3.8, 4) is 0 Å². The number of fused-ring (bicyclic) bond motifs is 3. The van der Waals surface area contributed by atoms with Gasteiger partial charge in [-0.3, -0.25) is 0 Å². The van der Waals surface area contributed by atoms with E-state index < -0.39 is 0 Å². The zero-order valence-electron chi connectivity index (χ0n) is 17.7. The van der Waals surface area contributed by atoms with E-state index in [4.69, 9.17) is 0 Å². The molecular formula is C22H34N4OS. The van der Waals surface area contributed by atoms with Crippen LogP contribution in [0.15, 0.2) is 6.33 Å². The number of hydrogen-bond donors (Lipinski definition) is 2. The fourth-order valence-electron chi connectivity index (χ4n) is 5.22. The molecule has 28 heavy (non-hydrogen) atoms. The first kappa shape index (κ1) is 20.0. The van der Waals surface area contributed by atoms with Crippen molar-refractivity contribution < 1.29 is 5.11 Å². The number of rotatable bonds is 6. The summed E-state index contributed by atoms with van der Waals surface area (Å²) in [7, 11) is 4.37. The van der Waals surface area contributed by atoms with E-state index >= 15 is 0 Å². The van der Waals surface area contributed by atoms with E-state index in [0.29, 0.717) is 12.1 Å². The molecule has 2 N–H and O–H groups in total. The van der Waals surface area contributed by atoms with Crippen LogP contribution in [0.1, 0.15) is 69.2 Å². The molecule has 0 aliphatic heterocycles. The Labute approximate surface area is 172 Å². The van der Waals surface area contributed by atoms with Crippen LogP contribution in [0.3, 0.4) is 0 Å². The van der Waals surface area contributed by atoms with E-state index in [1.165, 1.54) is 41.5 Å². The van der Waals surface area contributed by atoms with Crippen molar-refractivity contribution in [2.75, 3.05) is 19.4 Å². The highest BCUT2D eigenvalue weighted by molar-refractivity contribution is 7.19. The van der Waals surface area contributed by atoms with Gasteiger partial charge in [-0.2, -0.15) is 0 Å². The van der Waals surface area contributed by atoms with Gasteiger partial charge in [0, 0.05) is 17.0 Å². The van der Waals surface area contributed by atoms with Gasteiger partial charge in [-0.15, -0.1) is 11.3 Å². The summed E-state index contributed by atoms with van der Waals surface area (Å²) in [6.45, 7) is 4.39. The molecule has 2 aromatic heterocycles. The fourth-order valence-corrected chi connectivity index (χ4v) is 6.50. The Bertz CT molecular complexity index is 827. The van der Waals surface area contributed by atoms with Crippen LogP contribution < -0.4 is 5.32 Å². The van der Waals surface area contributed by atoms with Gasteiger partial charge in [-0.25, -0.2) is 9.97 Å². The molecule has 0 saturated heterocycles. The number of aliphatic hydroxyl groups excluding tert-OH is 1. The van der Waals surface area contributed by atoms with E-state index in [1.807, 2.05) is 11.3 Å². The summed E-state index contributed by atoms with van der Waals surface area (Å²) in [4.78, 5) is 14.2. The SMILES string of the molecule is CC[C@@H](O)C[C@@]1(C)CCc2sc3ncnc(NC4CCC(N(C)C)CC4)c3c21. The first-order valence-electron chi connectivity index (χ1n) is 10.8. The van der Waals surface area contributed by atoms with Gasteiger partial charge in [0.05, 0.1) is 11.5 Å². The van der Waals surface area contributed by atoms with Crippen LogP contribution in [0.4, 0.5) is 5.82 Å². The lowest BCUT2D eigenvalue weighted by Crippen LogP contribution is -2.36. The van der Waals surface area contributed by atoms with Gasteiger partial charge in [-0.1, -0.05) is 13.8 Å². The molecule has 5 nitrogen and oxygen atoms in total. The summed E-state index contributed by atoms with van der Waals surface area (Å²) >= 11 is 1.82. The Morgan fingerprint density at radius 1 is 1.29 bits per heavy atom. The predicted molar refractivity (Wildman–Crippen MR) is 117 cm³/mol. The number of aryl methyl sites for hydroxylation is 1. The zero-order valence-corrected chi connectivity index (χ0v) is 18.5. The fraction of sp³-hybridized carbons (Fsp3) is 0.727. The van der Waals surface area contributed by atoms with Gasteiger partial charge in [0.25, 0.3) is 0 Å². The summed E-state index contributed by atoms with van der Waals surface area (Å²) < 4.78 is 0. The number of nitrogens with zero attached hydrogens (tertiary/aromatic N) is 3. The van der Waals surface area contributed by atoms with Crippen LogP contribution in [-0.2, 0) is 11.8 Å². The number of hydrogen-bond acceptors (Lipinski definition) is 6. The molecule has 1 saturated carbocycles. The molecule has 6 heteroatoms. The zero-order chi connectivity index (χ0) is 19.9.